The van der Waals surface area contributed by atoms with Crippen LogP contribution in [0.3, 0.4) is 0 Å². The van der Waals surface area contributed by atoms with Crippen LogP contribution >= 0.6 is 11.6 Å². The van der Waals surface area contributed by atoms with Crippen molar-refractivity contribution in [1.29, 1.82) is 0 Å². The highest BCUT2D eigenvalue weighted by Gasteiger charge is 2.35. The van der Waals surface area contributed by atoms with Gasteiger partial charge in [-0.25, -0.2) is 8.42 Å². The predicted molar refractivity (Wildman–Crippen MR) is 194 cm³/mol. The van der Waals surface area contributed by atoms with Crippen molar-refractivity contribution in [3.8, 4) is 5.75 Å². The van der Waals surface area contributed by atoms with Crippen LogP contribution in [0.1, 0.15) is 55.7 Å². The first kappa shape index (κ1) is 36.0. The van der Waals surface area contributed by atoms with E-state index in [2.05, 4.69) is 5.32 Å². The summed E-state index contributed by atoms with van der Waals surface area (Å²) in [5, 5.41) is 3.67. The topological polar surface area (TPSA) is 96.0 Å². The predicted octanol–water partition coefficient (Wildman–Crippen LogP) is 7.33. The second-order valence-corrected chi connectivity index (χ2v) is 14.7. The van der Waals surface area contributed by atoms with Crippen molar-refractivity contribution in [2.45, 2.75) is 75.9 Å². The number of ether oxygens (including phenoxy) is 1. The molecular weight excluding hydrogens is 658 g/mol. The van der Waals surface area contributed by atoms with E-state index < -0.39 is 28.5 Å². The molecule has 1 N–H and O–H groups in total. The summed E-state index contributed by atoms with van der Waals surface area (Å²) < 4.78 is 35.3. The first-order valence-electron chi connectivity index (χ1n) is 16.8. The summed E-state index contributed by atoms with van der Waals surface area (Å²) in [5.41, 5.74) is 2.72. The maximum atomic E-state index is 14.7. The van der Waals surface area contributed by atoms with Gasteiger partial charge in [0.25, 0.3) is 10.0 Å². The average molecular weight is 702 g/mol. The van der Waals surface area contributed by atoms with E-state index in [1.807, 2.05) is 56.3 Å². The Morgan fingerprint density at radius 2 is 1.53 bits per heavy atom. The van der Waals surface area contributed by atoms with Crippen LogP contribution in [0.2, 0.25) is 5.02 Å². The van der Waals surface area contributed by atoms with Gasteiger partial charge in [-0.2, -0.15) is 0 Å². The number of aryl methyl sites for hydroxylation is 1. The minimum atomic E-state index is -4.21. The standard InChI is InChI=1S/C39H44ClN3O5S/c1-3-48-34-22-20-33(21-23-34)43(49(46,47)35-24-18-29(2)19-25-35)28-38(44)42(27-31-14-10-11-17-36(31)40)37(26-30-12-6-4-7-13-30)39(45)41-32-15-8-5-9-16-32/h4,6-7,10-14,17-25,32,37H,3,5,8-9,15-16,26-28H2,1-2H3,(H,41,45)/t37-/m1/s1. The van der Waals surface area contributed by atoms with Crippen LogP contribution in [0.4, 0.5) is 5.69 Å². The number of carbonyl (C=O) groups is 2. The molecule has 2 amide bonds. The zero-order valence-corrected chi connectivity index (χ0v) is 29.6. The first-order chi connectivity index (χ1) is 23.7. The van der Waals surface area contributed by atoms with E-state index in [0.717, 1.165) is 47.5 Å². The van der Waals surface area contributed by atoms with E-state index in [1.165, 1.54) is 17.0 Å². The Labute approximate surface area is 295 Å². The second kappa shape index (κ2) is 16.9. The van der Waals surface area contributed by atoms with Crippen molar-refractivity contribution >= 4 is 39.1 Å². The molecule has 0 saturated heterocycles. The van der Waals surface area contributed by atoms with E-state index >= 15 is 0 Å². The molecule has 258 valence electrons. The molecule has 1 atom stereocenters. The third kappa shape index (κ3) is 9.43. The summed E-state index contributed by atoms with van der Waals surface area (Å²) in [5.74, 6) is -0.234. The molecule has 10 heteroatoms. The minimum Gasteiger partial charge on any atom is -0.494 e. The number of hydrogen-bond donors (Lipinski definition) is 1. The van der Waals surface area contributed by atoms with Crippen LogP contribution in [-0.2, 0) is 32.6 Å². The van der Waals surface area contributed by atoms with Crippen LogP contribution in [0, 0.1) is 6.92 Å². The van der Waals surface area contributed by atoms with Gasteiger partial charge in [0, 0.05) is 24.0 Å². The van der Waals surface area contributed by atoms with Crippen LogP contribution in [0.5, 0.6) is 5.75 Å². The maximum absolute atomic E-state index is 14.7. The zero-order valence-electron chi connectivity index (χ0n) is 28.1. The number of amides is 2. The van der Waals surface area contributed by atoms with Gasteiger partial charge in [-0.15, -0.1) is 0 Å². The van der Waals surface area contributed by atoms with Crippen molar-refractivity contribution < 1.29 is 22.7 Å². The monoisotopic (exact) mass is 701 g/mol. The smallest absolute Gasteiger partial charge is 0.264 e. The first-order valence-corrected chi connectivity index (χ1v) is 18.7. The SMILES string of the molecule is CCOc1ccc(N(CC(=O)N(Cc2ccccc2Cl)[C@H](Cc2ccccc2)C(=O)NC2CCCCC2)S(=O)(=O)c2ccc(C)cc2)cc1. The number of anilines is 1. The lowest BCUT2D eigenvalue weighted by Gasteiger charge is -2.35. The Bertz CT molecular complexity index is 1790. The Balaban J connectivity index is 1.57. The molecule has 1 saturated carbocycles. The highest BCUT2D eigenvalue weighted by molar-refractivity contribution is 7.92. The fourth-order valence-electron chi connectivity index (χ4n) is 6.15. The van der Waals surface area contributed by atoms with E-state index in [9.17, 15) is 18.0 Å². The van der Waals surface area contributed by atoms with Gasteiger partial charge in [-0.3, -0.25) is 13.9 Å². The second-order valence-electron chi connectivity index (χ2n) is 12.4. The molecule has 4 aromatic carbocycles. The molecule has 5 rings (SSSR count). The molecule has 8 nitrogen and oxygen atoms in total. The van der Waals surface area contributed by atoms with Crippen molar-refractivity contribution in [3.63, 3.8) is 0 Å². The minimum absolute atomic E-state index is 0.00971. The van der Waals surface area contributed by atoms with E-state index in [1.54, 1.807) is 48.5 Å². The van der Waals surface area contributed by atoms with Crippen LogP contribution in [-0.4, -0.2) is 50.4 Å². The van der Waals surface area contributed by atoms with Crippen molar-refractivity contribution in [2.24, 2.45) is 0 Å². The summed E-state index contributed by atoms with van der Waals surface area (Å²) in [6.07, 6.45) is 5.19. The normalized spacial score (nSPS) is 14.1. The van der Waals surface area contributed by atoms with Crippen molar-refractivity contribution in [1.82, 2.24) is 10.2 Å². The number of benzene rings is 4. The molecule has 1 fully saturated rings. The molecule has 4 aromatic rings. The van der Waals surface area contributed by atoms with Crippen LogP contribution in [0.15, 0.2) is 108 Å². The lowest BCUT2D eigenvalue weighted by atomic mass is 9.94. The van der Waals surface area contributed by atoms with E-state index in [0.29, 0.717) is 28.6 Å². The molecule has 0 bridgehead atoms. The summed E-state index contributed by atoms with van der Waals surface area (Å²) in [4.78, 5) is 30.5. The fraction of sp³-hybridized carbons (Fsp3) is 0.333. The number of nitrogens with zero attached hydrogens (tertiary/aromatic N) is 2. The van der Waals surface area contributed by atoms with Gasteiger partial charge >= 0.3 is 0 Å². The number of rotatable bonds is 14. The summed E-state index contributed by atoms with van der Waals surface area (Å²) in [6.45, 7) is 3.66. The Morgan fingerprint density at radius 3 is 2.18 bits per heavy atom. The van der Waals surface area contributed by atoms with Crippen LogP contribution < -0.4 is 14.4 Å². The Hall–Kier alpha value is -4.34. The summed E-state index contributed by atoms with van der Waals surface area (Å²) >= 11 is 6.62. The third-order valence-electron chi connectivity index (χ3n) is 8.84. The molecular formula is C39H44ClN3O5S. The lowest BCUT2D eigenvalue weighted by molar-refractivity contribution is -0.140. The molecule has 0 aromatic heterocycles. The number of sulfonamides is 1. The van der Waals surface area contributed by atoms with Crippen molar-refractivity contribution in [3.05, 3.63) is 125 Å². The number of hydrogen-bond acceptors (Lipinski definition) is 5. The third-order valence-corrected chi connectivity index (χ3v) is 11.0. The summed E-state index contributed by atoms with van der Waals surface area (Å²) in [7, 11) is -4.21. The highest BCUT2D eigenvalue weighted by Crippen LogP contribution is 2.28. The van der Waals surface area contributed by atoms with Crippen LogP contribution in [0.25, 0.3) is 0 Å². The number of carbonyl (C=O) groups excluding carboxylic acids is 2. The molecule has 0 unspecified atom stereocenters. The van der Waals surface area contributed by atoms with Gasteiger partial charge in [-0.1, -0.05) is 97.1 Å². The molecule has 49 heavy (non-hydrogen) atoms. The largest absolute Gasteiger partial charge is 0.494 e. The lowest BCUT2D eigenvalue weighted by Crippen LogP contribution is -2.55. The average Bonchev–Trinajstić information content (AvgIpc) is 3.11. The van der Waals surface area contributed by atoms with Crippen molar-refractivity contribution in [2.75, 3.05) is 17.5 Å². The molecule has 0 heterocycles. The molecule has 0 spiro atoms. The van der Waals surface area contributed by atoms with E-state index in [4.69, 9.17) is 16.3 Å². The molecule has 1 aliphatic rings. The quantitative estimate of drug-likeness (QED) is 0.149. The van der Waals surface area contributed by atoms with Gasteiger partial charge in [0.15, 0.2) is 0 Å². The van der Waals surface area contributed by atoms with Gasteiger partial charge < -0.3 is 15.0 Å². The fourth-order valence-corrected chi connectivity index (χ4v) is 7.76. The van der Waals surface area contributed by atoms with Gasteiger partial charge in [-0.05, 0) is 80.3 Å². The highest BCUT2D eigenvalue weighted by atomic mass is 35.5. The molecule has 1 aliphatic carbocycles. The van der Waals surface area contributed by atoms with Gasteiger partial charge in [0.1, 0.15) is 18.3 Å². The van der Waals surface area contributed by atoms with E-state index in [-0.39, 0.29) is 29.8 Å². The van der Waals surface area contributed by atoms with Gasteiger partial charge in [0.2, 0.25) is 11.8 Å². The Kier molecular flexibility index (Phi) is 12.4. The van der Waals surface area contributed by atoms with Gasteiger partial charge in [0.05, 0.1) is 17.2 Å². The molecule has 0 radical (unpaired) electrons. The maximum Gasteiger partial charge on any atom is 0.264 e. The Morgan fingerprint density at radius 1 is 0.878 bits per heavy atom. The number of halogens is 1. The number of nitrogens with one attached hydrogen (secondary N) is 1. The zero-order chi connectivity index (χ0) is 34.8. The molecule has 0 aliphatic heterocycles. The summed E-state index contributed by atoms with van der Waals surface area (Å²) in [6, 6.07) is 28.9.